The molecule has 0 radical (unpaired) electrons. The summed E-state index contributed by atoms with van der Waals surface area (Å²) in [6, 6.07) is 5.60. The molecule has 0 aliphatic heterocycles. The lowest BCUT2D eigenvalue weighted by atomic mass is 9.86. The van der Waals surface area contributed by atoms with Gasteiger partial charge in [0.2, 0.25) is 5.91 Å². The molecule has 0 saturated heterocycles. The van der Waals surface area contributed by atoms with Gasteiger partial charge >= 0.3 is 0 Å². The number of hydrogen-bond donors (Lipinski definition) is 3. The number of rotatable bonds is 7. The van der Waals surface area contributed by atoms with Crippen LogP contribution in [0.2, 0.25) is 0 Å². The first-order valence-electron chi connectivity index (χ1n) is 7.69. The summed E-state index contributed by atoms with van der Waals surface area (Å²) in [7, 11) is 0. The highest BCUT2D eigenvalue weighted by Gasteiger charge is 2.14. The minimum absolute atomic E-state index is 0.000181. The van der Waals surface area contributed by atoms with Crippen LogP contribution in [0.15, 0.2) is 18.2 Å². The van der Waals surface area contributed by atoms with Gasteiger partial charge in [0.05, 0.1) is 11.4 Å². The second-order valence-electron chi connectivity index (χ2n) is 6.64. The highest BCUT2D eigenvalue weighted by atomic mass is 16.1. The van der Waals surface area contributed by atoms with E-state index in [0.29, 0.717) is 11.1 Å². The number of amides is 1. The van der Waals surface area contributed by atoms with Gasteiger partial charge in [-0.25, -0.2) is 0 Å². The highest BCUT2D eigenvalue weighted by Crippen LogP contribution is 2.26. The molecule has 0 bridgehead atoms. The van der Waals surface area contributed by atoms with Crippen LogP contribution in [-0.4, -0.2) is 12.5 Å². The number of benzene rings is 1. The molecule has 0 unspecified atom stereocenters. The Morgan fingerprint density at radius 2 is 2.00 bits per heavy atom. The topological polar surface area (TPSA) is 67.1 Å². The van der Waals surface area contributed by atoms with Gasteiger partial charge in [0.15, 0.2) is 0 Å². The third-order valence-corrected chi connectivity index (χ3v) is 3.92. The zero-order valence-electron chi connectivity index (χ0n) is 13.9. The van der Waals surface area contributed by atoms with Crippen molar-refractivity contribution in [1.82, 2.24) is 0 Å². The number of nitrogen functional groups attached to an aromatic ring is 1. The zero-order valence-corrected chi connectivity index (χ0v) is 13.9. The van der Waals surface area contributed by atoms with Crippen molar-refractivity contribution < 1.29 is 4.79 Å². The molecule has 1 aromatic rings. The molecule has 4 heteroatoms. The summed E-state index contributed by atoms with van der Waals surface area (Å²) in [5.74, 6) is -0.0416. The van der Waals surface area contributed by atoms with Gasteiger partial charge in [-0.2, -0.15) is 0 Å². The van der Waals surface area contributed by atoms with Crippen LogP contribution < -0.4 is 16.4 Å². The molecule has 0 aliphatic rings. The number of hydrogen-bond acceptors (Lipinski definition) is 3. The Morgan fingerprint density at radius 3 is 2.52 bits per heavy atom. The maximum absolute atomic E-state index is 11.7. The molecule has 0 saturated carbocycles. The number of nitrogens with one attached hydrogen (secondary N) is 2. The van der Waals surface area contributed by atoms with Crippen LogP contribution in [0.5, 0.6) is 0 Å². The molecule has 0 aliphatic carbocycles. The molecular weight excluding hydrogens is 262 g/mol. The van der Waals surface area contributed by atoms with Crippen LogP contribution in [0.25, 0.3) is 0 Å². The number of anilines is 3. The molecular formula is C17H29N3O. The standard InChI is InChI=1S/C17H29N3O/c1-6-17(4,5)9-10-19-15-8-7-13(11-14(15)18)20-16(21)12(2)3/h7-8,11-12,19H,6,9-10,18H2,1-5H3,(H,20,21). The van der Waals surface area contributed by atoms with E-state index in [4.69, 9.17) is 5.73 Å². The molecule has 21 heavy (non-hydrogen) atoms. The maximum atomic E-state index is 11.7. The number of carbonyl (C=O) groups excluding carboxylic acids is 1. The van der Waals surface area contributed by atoms with Crippen molar-refractivity contribution in [3.63, 3.8) is 0 Å². The van der Waals surface area contributed by atoms with E-state index in [1.165, 1.54) is 0 Å². The molecule has 1 amide bonds. The lowest BCUT2D eigenvalue weighted by Gasteiger charge is -2.23. The zero-order chi connectivity index (χ0) is 16.0. The summed E-state index contributed by atoms with van der Waals surface area (Å²) < 4.78 is 0. The van der Waals surface area contributed by atoms with E-state index in [2.05, 4.69) is 31.4 Å². The molecule has 0 atom stereocenters. The molecule has 118 valence electrons. The summed E-state index contributed by atoms with van der Waals surface area (Å²) in [6.45, 7) is 11.4. The summed E-state index contributed by atoms with van der Waals surface area (Å²) in [5.41, 5.74) is 8.70. The van der Waals surface area contributed by atoms with E-state index in [9.17, 15) is 4.79 Å². The molecule has 0 heterocycles. The van der Waals surface area contributed by atoms with Crippen LogP contribution >= 0.6 is 0 Å². The van der Waals surface area contributed by atoms with Crippen LogP contribution in [-0.2, 0) is 4.79 Å². The van der Waals surface area contributed by atoms with Gasteiger partial charge in [0.1, 0.15) is 0 Å². The maximum Gasteiger partial charge on any atom is 0.226 e. The van der Waals surface area contributed by atoms with Gasteiger partial charge in [0.25, 0.3) is 0 Å². The first kappa shape index (κ1) is 17.3. The van der Waals surface area contributed by atoms with Gasteiger partial charge in [-0.15, -0.1) is 0 Å². The Kier molecular flexibility index (Phi) is 6.06. The monoisotopic (exact) mass is 291 g/mol. The van der Waals surface area contributed by atoms with Crippen LogP contribution in [0.1, 0.15) is 47.5 Å². The van der Waals surface area contributed by atoms with E-state index in [0.717, 1.165) is 30.8 Å². The van der Waals surface area contributed by atoms with Gasteiger partial charge in [0, 0.05) is 18.2 Å². The van der Waals surface area contributed by atoms with Crippen molar-refractivity contribution in [1.29, 1.82) is 0 Å². The Labute approximate surface area is 128 Å². The second kappa shape index (κ2) is 7.34. The van der Waals surface area contributed by atoms with Crippen molar-refractivity contribution in [3.05, 3.63) is 18.2 Å². The first-order chi connectivity index (χ1) is 9.75. The van der Waals surface area contributed by atoms with Gasteiger partial charge in [-0.3, -0.25) is 4.79 Å². The van der Waals surface area contributed by atoms with Crippen molar-refractivity contribution in [2.75, 3.05) is 22.9 Å². The quantitative estimate of drug-likeness (QED) is 0.662. The lowest BCUT2D eigenvalue weighted by Crippen LogP contribution is -2.18. The van der Waals surface area contributed by atoms with Gasteiger partial charge < -0.3 is 16.4 Å². The van der Waals surface area contributed by atoms with Crippen molar-refractivity contribution in [3.8, 4) is 0 Å². The van der Waals surface area contributed by atoms with Crippen molar-refractivity contribution in [2.24, 2.45) is 11.3 Å². The molecule has 4 N–H and O–H groups in total. The lowest BCUT2D eigenvalue weighted by molar-refractivity contribution is -0.118. The number of carbonyl (C=O) groups is 1. The average molecular weight is 291 g/mol. The summed E-state index contributed by atoms with van der Waals surface area (Å²) in [4.78, 5) is 11.7. The normalized spacial score (nSPS) is 11.5. The van der Waals surface area contributed by atoms with Gasteiger partial charge in [-0.1, -0.05) is 41.0 Å². The van der Waals surface area contributed by atoms with Crippen LogP contribution in [0.3, 0.4) is 0 Å². The third-order valence-electron chi connectivity index (χ3n) is 3.92. The average Bonchev–Trinajstić information content (AvgIpc) is 2.41. The Hall–Kier alpha value is -1.71. The molecule has 0 fully saturated rings. The Bertz CT molecular complexity index is 481. The minimum Gasteiger partial charge on any atom is -0.397 e. The van der Waals surface area contributed by atoms with Gasteiger partial charge in [-0.05, 0) is 30.0 Å². The summed E-state index contributed by atoms with van der Waals surface area (Å²) >= 11 is 0. The number of nitrogens with two attached hydrogens (primary N) is 1. The Balaban J connectivity index is 2.60. The summed E-state index contributed by atoms with van der Waals surface area (Å²) in [5, 5.41) is 6.22. The minimum atomic E-state index is -0.0414. The SMILES string of the molecule is CCC(C)(C)CCNc1ccc(NC(=O)C(C)C)cc1N. The predicted octanol–water partition coefficient (Wildman–Crippen LogP) is 4.10. The predicted molar refractivity (Wildman–Crippen MR) is 91.5 cm³/mol. The van der Waals surface area contributed by atoms with Crippen LogP contribution in [0, 0.1) is 11.3 Å². The largest absolute Gasteiger partial charge is 0.397 e. The Morgan fingerprint density at radius 1 is 1.33 bits per heavy atom. The van der Waals surface area contributed by atoms with E-state index in [1.807, 2.05) is 26.0 Å². The fraction of sp³-hybridized carbons (Fsp3) is 0.588. The van der Waals surface area contributed by atoms with Crippen molar-refractivity contribution in [2.45, 2.75) is 47.5 Å². The second-order valence-corrected chi connectivity index (χ2v) is 6.64. The molecule has 0 aromatic heterocycles. The van der Waals surface area contributed by atoms with E-state index < -0.39 is 0 Å². The molecule has 0 spiro atoms. The third kappa shape index (κ3) is 5.66. The first-order valence-corrected chi connectivity index (χ1v) is 7.69. The smallest absolute Gasteiger partial charge is 0.226 e. The van der Waals surface area contributed by atoms with Crippen molar-refractivity contribution >= 4 is 23.0 Å². The fourth-order valence-electron chi connectivity index (χ4n) is 1.80. The molecule has 1 aromatic carbocycles. The van der Waals surface area contributed by atoms with Crippen LogP contribution in [0.4, 0.5) is 17.1 Å². The van der Waals surface area contributed by atoms with E-state index in [1.54, 1.807) is 6.07 Å². The van der Waals surface area contributed by atoms with E-state index in [-0.39, 0.29) is 11.8 Å². The molecule has 1 rings (SSSR count). The summed E-state index contributed by atoms with van der Waals surface area (Å²) in [6.07, 6.45) is 2.25. The molecule has 4 nitrogen and oxygen atoms in total. The van der Waals surface area contributed by atoms with E-state index >= 15 is 0 Å². The highest BCUT2D eigenvalue weighted by molar-refractivity contribution is 5.93. The fourth-order valence-corrected chi connectivity index (χ4v) is 1.80.